The number of rotatable bonds is 1. The van der Waals surface area contributed by atoms with Crippen LogP contribution in [0.25, 0.3) is 11.4 Å². The SMILES string of the molecule is Nc1nc(-c2ccncc2)nc2c1CCCC2. The number of nitrogens with two attached hydrogens (primary N) is 1. The fraction of sp³-hybridized carbons (Fsp3) is 0.308. The number of aromatic nitrogens is 3. The lowest BCUT2D eigenvalue weighted by Crippen LogP contribution is -2.11. The molecule has 0 atom stereocenters. The largest absolute Gasteiger partial charge is 0.383 e. The van der Waals surface area contributed by atoms with Crippen molar-refractivity contribution in [1.82, 2.24) is 15.0 Å². The smallest absolute Gasteiger partial charge is 0.161 e. The summed E-state index contributed by atoms with van der Waals surface area (Å²) in [5.41, 5.74) is 9.25. The van der Waals surface area contributed by atoms with E-state index in [1.165, 1.54) is 12.8 Å². The molecule has 86 valence electrons. The predicted octanol–water partition coefficient (Wildman–Crippen LogP) is 2.00. The Morgan fingerprint density at radius 1 is 1.00 bits per heavy atom. The molecule has 0 unspecified atom stereocenters. The summed E-state index contributed by atoms with van der Waals surface area (Å²) in [6.07, 6.45) is 7.90. The summed E-state index contributed by atoms with van der Waals surface area (Å²) in [5.74, 6) is 1.35. The van der Waals surface area contributed by atoms with Crippen LogP contribution in [-0.2, 0) is 12.8 Å². The fourth-order valence-electron chi connectivity index (χ4n) is 2.25. The van der Waals surface area contributed by atoms with E-state index in [0.29, 0.717) is 11.6 Å². The molecular weight excluding hydrogens is 212 g/mol. The van der Waals surface area contributed by atoms with Crippen LogP contribution < -0.4 is 5.73 Å². The number of hydrogen-bond donors (Lipinski definition) is 1. The van der Waals surface area contributed by atoms with Gasteiger partial charge in [0, 0.05) is 29.2 Å². The number of aryl methyl sites for hydroxylation is 1. The first-order valence-corrected chi connectivity index (χ1v) is 5.90. The van der Waals surface area contributed by atoms with Crippen molar-refractivity contribution < 1.29 is 0 Å². The molecule has 0 saturated carbocycles. The predicted molar refractivity (Wildman–Crippen MR) is 66.3 cm³/mol. The fourth-order valence-corrected chi connectivity index (χ4v) is 2.25. The molecule has 0 fully saturated rings. The molecule has 1 aliphatic carbocycles. The summed E-state index contributed by atoms with van der Waals surface area (Å²) in [7, 11) is 0. The second-order valence-electron chi connectivity index (χ2n) is 4.30. The van der Waals surface area contributed by atoms with Gasteiger partial charge in [0.25, 0.3) is 0 Å². The minimum absolute atomic E-state index is 0.640. The second-order valence-corrected chi connectivity index (χ2v) is 4.30. The second kappa shape index (κ2) is 4.13. The van der Waals surface area contributed by atoms with Crippen molar-refractivity contribution >= 4 is 5.82 Å². The lowest BCUT2D eigenvalue weighted by molar-refractivity contribution is 0.666. The lowest BCUT2D eigenvalue weighted by atomic mass is 9.96. The van der Waals surface area contributed by atoms with Crippen LogP contribution in [0.4, 0.5) is 5.82 Å². The third-order valence-electron chi connectivity index (χ3n) is 3.15. The molecular formula is C13H14N4. The van der Waals surface area contributed by atoms with E-state index in [1.54, 1.807) is 12.4 Å². The summed E-state index contributed by atoms with van der Waals surface area (Å²) < 4.78 is 0. The van der Waals surface area contributed by atoms with Crippen molar-refractivity contribution in [2.45, 2.75) is 25.7 Å². The molecule has 4 nitrogen and oxygen atoms in total. The molecule has 17 heavy (non-hydrogen) atoms. The molecule has 0 aliphatic heterocycles. The molecule has 3 rings (SSSR count). The van der Waals surface area contributed by atoms with Crippen molar-refractivity contribution in [2.75, 3.05) is 5.73 Å². The Kier molecular flexibility index (Phi) is 2.48. The van der Waals surface area contributed by atoms with Crippen LogP contribution in [0.5, 0.6) is 0 Å². The van der Waals surface area contributed by atoms with Crippen molar-refractivity contribution in [3.8, 4) is 11.4 Å². The van der Waals surface area contributed by atoms with Gasteiger partial charge in [-0.2, -0.15) is 0 Å². The Balaban J connectivity index is 2.11. The van der Waals surface area contributed by atoms with Gasteiger partial charge in [0.2, 0.25) is 0 Å². The maximum absolute atomic E-state index is 6.01. The molecule has 1 aliphatic rings. The molecule has 0 radical (unpaired) electrons. The average molecular weight is 226 g/mol. The number of nitrogen functional groups attached to an aromatic ring is 1. The van der Waals surface area contributed by atoms with Crippen LogP contribution in [0.15, 0.2) is 24.5 Å². The Bertz CT molecular complexity index is 537. The topological polar surface area (TPSA) is 64.7 Å². The van der Waals surface area contributed by atoms with E-state index in [2.05, 4.69) is 15.0 Å². The van der Waals surface area contributed by atoms with Crippen molar-refractivity contribution in [3.63, 3.8) is 0 Å². The van der Waals surface area contributed by atoms with E-state index in [0.717, 1.165) is 29.7 Å². The number of hydrogen-bond acceptors (Lipinski definition) is 4. The van der Waals surface area contributed by atoms with E-state index in [1.807, 2.05) is 12.1 Å². The Labute approximate surface area is 99.9 Å². The van der Waals surface area contributed by atoms with Gasteiger partial charge in [-0.3, -0.25) is 4.98 Å². The van der Waals surface area contributed by atoms with Gasteiger partial charge in [-0.25, -0.2) is 9.97 Å². The summed E-state index contributed by atoms with van der Waals surface area (Å²) in [4.78, 5) is 13.0. The molecule has 2 heterocycles. The summed E-state index contributed by atoms with van der Waals surface area (Å²) in [6.45, 7) is 0. The molecule has 2 aromatic rings. The summed E-state index contributed by atoms with van der Waals surface area (Å²) in [5, 5.41) is 0. The van der Waals surface area contributed by atoms with E-state index in [4.69, 9.17) is 5.73 Å². The third-order valence-corrected chi connectivity index (χ3v) is 3.15. The van der Waals surface area contributed by atoms with Crippen LogP contribution in [-0.4, -0.2) is 15.0 Å². The van der Waals surface area contributed by atoms with Gasteiger partial charge in [0.15, 0.2) is 5.82 Å². The minimum atomic E-state index is 0.640. The molecule has 0 spiro atoms. The van der Waals surface area contributed by atoms with Gasteiger partial charge in [0.05, 0.1) is 0 Å². The highest BCUT2D eigenvalue weighted by molar-refractivity contribution is 5.58. The normalized spacial score (nSPS) is 14.4. The Hall–Kier alpha value is -1.97. The number of pyridine rings is 1. The quantitative estimate of drug-likeness (QED) is 0.807. The Morgan fingerprint density at radius 3 is 2.59 bits per heavy atom. The zero-order valence-corrected chi connectivity index (χ0v) is 9.56. The summed E-state index contributed by atoms with van der Waals surface area (Å²) >= 11 is 0. The molecule has 0 saturated heterocycles. The highest BCUT2D eigenvalue weighted by atomic mass is 15.0. The molecule has 2 N–H and O–H groups in total. The van der Waals surface area contributed by atoms with Gasteiger partial charge in [-0.1, -0.05) is 0 Å². The van der Waals surface area contributed by atoms with Gasteiger partial charge < -0.3 is 5.73 Å². The van der Waals surface area contributed by atoms with Crippen molar-refractivity contribution in [2.24, 2.45) is 0 Å². The monoisotopic (exact) mass is 226 g/mol. The van der Waals surface area contributed by atoms with Gasteiger partial charge in [-0.05, 0) is 37.8 Å². The van der Waals surface area contributed by atoms with E-state index >= 15 is 0 Å². The van der Waals surface area contributed by atoms with E-state index < -0.39 is 0 Å². The van der Waals surface area contributed by atoms with Crippen molar-refractivity contribution in [1.29, 1.82) is 0 Å². The zero-order valence-electron chi connectivity index (χ0n) is 9.56. The Morgan fingerprint density at radius 2 is 1.76 bits per heavy atom. The first kappa shape index (κ1) is 10.2. The van der Waals surface area contributed by atoms with Crippen LogP contribution in [0.1, 0.15) is 24.1 Å². The van der Waals surface area contributed by atoms with Crippen LogP contribution >= 0.6 is 0 Å². The van der Waals surface area contributed by atoms with E-state index in [9.17, 15) is 0 Å². The number of fused-ring (bicyclic) bond motifs is 1. The molecule has 2 aromatic heterocycles. The van der Waals surface area contributed by atoms with Crippen LogP contribution in [0.2, 0.25) is 0 Å². The molecule has 0 bridgehead atoms. The number of nitrogens with zero attached hydrogens (tertiary/aromatic N) is 3. The highest BCUT2D eigenvalue weighted by Crippen LogP contribution is 2.26. The van der Waals surface area contributed by atoms with Crippen LogP contribution in [0, 0.1) is 0 Å². The van der Waals surface area contributed by atoms with Gasteiger partial charge in [-0.15, -0.1) is 0 Å². The van der Waals surface area contributed by atoms with Crippen LogP contribution in [0.3, 0.4) is 0 Å². The molecule has 0 aromatic carbocycles. The first-order valence-electron chi connectivity index (χ1n) is 5.90. The summed E-state index contributed by atoms with van der Waals surface area (Å²) in [6, 6.07) is 3.81. The minimum Gasteiger partial charge on any atom is -0.383 e. The highest BCUT2D eigenvalue weighted by Gasteiger charge is 2.16. The van der Waals surface area contributed by atoms with Crippen molar-refractivity contribution in [3.05, 3.63) is 35.8 Å². The van der Waals surface area contributed by atoms with E-state index in [-0.39, 0.29) is 0 Å². The molecule has 0 amide bonds. The van der Waals surface area contributed by atoms with Gasteiger partial charge in [0.1, 0.15) is 5.82 Å². The molecule has 4 heteroatoms. The third kappa shape index (κ3) is 1.86. The van der Waals surface area contributed by atoms with Gasteiger partial charge >= 0.3 is 0 Å². The number of anilines is 1. The standard InChI is InChI=1S/C13H14N4/c14-12-10-3-1-2-4-11(10)16-13(17-12)9-5-7-15-8-6-9/h5-8H,1-4H2,(H2,14,16,17). The first-order chi connectivity index (χ1) is 8.34. The average Bonchev–Trinajstić information content (AvgIpc) is 2.40. The lowest BCUT2D eigenvalue weighted by Gasteiger charge is -2.17. The maximum Gasteiger partial charge on any atom is 0.161 e. The maximum atomic E-state index is 6.01. The zero-order chi connectivity index (χ0) is 11.7.